The molecule has 2 unspecified atom stereocenters. The first-order valence-corrected chi connectivity index (χ1v) is 5.44. The molecule has 0 saturated heterocycles. The van der Waals surface area contributed by atoms with Crippen molar-refractivity contribution in [1.29, 1.82) is 0 Å². The summed E-state index contributed by atoms with van der Waals surface area (Å²) in [5.74, 6) is 0.674. The second-order valence-electron chi connectivity index (χ2n) is 4.28. The summed E-state index contributed by atoms with van der Waals surface area (Å²) in [6, 6.07) is 5.91. The molecule has 2 rings (SSSR count). The van der Waals surface area contributed by atoms with Gasteiger partial charge in [0.2, 0.25) is 0 Å². The molecule has 0 fully saturated rings. The lowest BCUT2D eigenvalue weighted by molar-refractivity contribution is 0.560. The Kier molecular flexibility index (Phi) is 2.94. The second kappa shape index (κ2) is 4.23. The molecule has 0 aliphatic carbocycles. The number of nitrogens with two attached hydrogens (primary N) is 2. The van der Waals surface area contributed by atoms with Crippen LogP contribution < -0.4 is 11.5 Å². The molecule has 1 aromatic heterocycles. The summed E-state index contributed by atoms with van der Waals surface area (Å²) in [7, 11) is 0. The van der Waals surface area contributed by atoms with Gasteiger partial charge in [0.1, 0.15) is 5.52 Å². The van der Waals surface area contributed by atoms with E-state index in [2.05, 4.69) is 4.98 Å². The number of oxazole rings is 1. The SMILES string of the molecule is Cc1nc2cc(C(N)CC(C)N)ccc2o1. The normalized spacial score (nSPS) is 15.2. The minimum Gasteiger partial charge on any atom is -0.441 e. The van der Waals surface area contributed by atoms with Crippen LogP contribution in [-0.4, -0.2) is 11.0 Å². The summed E-state index contributed by atoms with van der Waals surface area (Å²) in [5.41, 5.74) is 14.5. The van der Waals surface area contributed by atoms with E-state index >= 15 is 0 Å². The average molecular weight is 219 g/mol. The Bertz CT molecular complexity index is 490. The number of nitrogens with zero attached hydrogens (tertiary/aromatic N) is 1. The fourth-order valence-corrected chi connectivity index (χ4v) is 1.83. The minimum atomic E-state index is -0.0404. The van der Waals surface area contributed by atoms with Gasteiger partial charge in [0.05, 0.1) is 0 Å². The quantitative estimate of drug-likeness (QED) is 0.826. The van der Waals surface area contributed by atoms with Crippen molar-refractivity contribution in [2.75, 3.05) is 0 Å². The van der Waals surface area contributed by atoms with Crippen LogP contribution in [0.4, 0.5) is 0 Å². The Labute approximate surface area is 94.6 Å². The van der Waals surface area contributed by atoms with Gasteiger partial charge in [0.15, 0.2) is 11.5 Å². The van der Waals surface area contributed by atoms with Crippen molar-refractivity contribution < 1.29 is 4.42 Å². The van der Waals surface area contributed by atoms with Gasteiger partial charge >= 0.3 is 0 Å². The van der Waals surface area contributed by atoms with Gasteiger partial charge in [0, 0.05) is 19.0 Å². The number of fused-ring (bicyclic) bond motifs is 1. The molecule has 1 heterocycles. The van der Waals surface area contributed by atoms with E-state index in [1.807, 2.05) is 32.0 Å². The summed E-state index contributed by atoms with van der Waals surface area (Å²) < 4.78 is 5.41. The van der Waals surface area contributed by atoms with Gasteiger partial charge in [-0.2, -0.15) is 0 Å². The third-order valence-corrected chi connectivity index (χ3v) is 2.57. The van der Waals surface area contributed by atoms with E-state index in [4.69, 9.17) is 15.9 Å². The largest absolute Gasteiger partial charge is 0.441 e. The summed E-state index contributed by atoms with van der Waals surface area (Å²) in [6.07, 6.45) is 0.766. The van der Waals surface area contributed by atoms with Crippen LogP contribution in [0.3, 0.4) is 0 Å². The van der Waals surface area contributed by atoms with Crippen LogP contribution >= 0.6 is 0 Å². The van der Waals surface area contributed by atoms with Crippen molar-refractivity contribution in [1.82, 2.24) is 4.98 Å². The topological polar surface area (TPSA) is 78.1 Å². The number of rotatable bonds is 3. The lowest BCUT2D eigenvalue weighted by Gasteiger charge is -2.13. The lowest BCUT2D eigenvalue weighted by atomic mass is 10.0. The van der Waals surface area contributed by atoms with Gasteiger partial charge in [-0.05, 0) is 31.0 Å². The summed E-state index contributed by atoms with van der Waals surface area (Å²) >= 11 is 0. The zero-order valence-electron chi connectivity index (χ0n) is 9.60. The van der Waals surface area contributed by atoms with Crippen molar-refractivity contribution >= 4 is 11.1 Å². The molecule has 16 heavy (non-hydrogen) atoms. The van der Waals surface area contributed by atoms with Gasteiger partial charge in [-0.15, -0.1) is 0 Å². The highest BCUT2D eigenvalue weighted by molar-refractivity contribution is 5.73. The monoisotopic (exact) mass is 219 g/mol. The average Bonchev–Trinajstić information content (AvgIpc) is 2.55. The van der Waals surface area contributed by atoms with Crippen LogP contribution in [-0.2, 0) is 0 Å². The third-order valence-electron chi connectivity index (χ3n) is 2.57. The van der Waals surface area contributed by atoms with Crippen LogP contribution in [0.1, 0.15) is 30.8 Å². The molecule has 4 heteroatoms. The van der Waals surface area contributed by atoms with Crippen molar-refractivity contribution in [3.63, 3.8) is 0 Å². The Morgan fingerprint density at radius 3 is 2.81 bits per heavy atom. The molecule has 0 aliphatic rings. The Balaban J connectivity index is 2.31. The van der Waals surface area contributed by atoms with E-state index in [9.17, 15) is 0 Å². The van der Waals surface area contributed by atoms with E-state index < -0.39 is 0 Å². The third kappa shape index (κ3) is 2.23. The number of hydrogen-bond acceptors (Lipinski definition) is 4. The molecule has 2 atom stereocenters. The number of benzene rings is 1. The van der Waals surface area contributed by atoms with Gasteiger partial charge in [-0.3, -0.25) is 0 Å². The molecule has 0 aliphatic heterocycles. The van der Waals surface area contributed by atoms with Gasteiger partial charge in [0.25, 0.3) is 0 Å². The van der Waals surface area contributed by atoms with E-state index in [0.29, 0.717) is 5.89 Å². The first-order chi connectivity index (χ1) is 7.56. The van der Waals surface area contributed by atoms with Crippen LogP contribution in [0.25, 0.3) is 11.1 Å². The maximum Gasteiger partial charge on any atom is 0.192 e. The molecule has 4 N–H and O–H groups in total. The van der Waals surface area contributed by atoms with Crippen LogP contribution in [0, 0.1) is 6.92 Å². The molecule has 0 bridgehead atoms. The number of hydrogen-bond donors (Lipinski definition) is 2. The van der Waals surface area contributed by atoms with Gasteiger partial charge < -0.3 is 15.9 Å². The fourth-order valence-electron chi connectivity index (χ4n) is 1.83. The predicted molar refractivity (Wildman–Crippen MR) is 63.9 cm³/mol. The molecular formula is C12H17N3O. The molecule has 1 aromatic carbocycles. The standard InChI is InChI=1S/C12H17N3O/c1-7(13)5-10(14)9-3-4-12-11(6-9)15-8(2)16-12/h3-4,6-7,10H,5,13-14H2,1-2H3. The summed E-state index contributed by atoms with van der Waals surface area (Å²) in [5, 5.41) is 0. The zero-order chi connectivity index (χ0) is 11.7. The maximum absolute atomic E-state index is 6.06. The van der Waals surface area contributed by atoms with E-state index in [0.717, 1.165) is 23.1 Å². The Hall–Kier alpha value is -1.39. The van der Waals surface area contributed by atoms with E-state index in [1.54, 1.807) is 0 Å². The van der Waals surface area contributed by atoms with Crippen LogP contribution in [0.5, 0.6) is 0 Å². The van der Waals surface area contributed by atoms with Gasteiger partial charge in [-0.25, -0.2) is 4.98 Å². The minimum absolute atomic E-state index is 0.0404. The summed E-state index contributed by atoms with van der Waals surface area (Å²) in [6.45, 7) is 3.79. The number of aromatic nitrogens is 1. The molecule has 0 saturated carbocycles. The van der Waals surface area contributed by atoms with E-state index in [-0.39, 0.29) is 12.1 Å². The van der Waals surface area contributed by atoms with Crippen LogP contribution in [0.15, 0.2) is 22.6 Å². The van der Waals surface area contributed by atoms with Crippen molar-refractivity contribution in [2.24, 2.45) is 11.5 Å². The van der Waals surface area contributed by atoms with Crippen LogP contribution in [0.2, 0.25) is 0 Å². The molecular weight excluding hydrogens is 202 g/mol. The molecule has 0 amide bonds. The van der Waals surface area contributed by atoms with E-state index in [1.165, 1.54) is 0 Å². The van der Waals surface area contributed by atoms with Crippen molar-refractivity contribution in [3.8, 4) is 0 Å². The predicted octanol–water partition coefficient (Wildman–Crippen LogP) is 1.87. The highest BCUT2D eigenvalue weighted by Crippen LogP contribution is 2.21. The second-order valence-corrected chi connectivity index (χ2v) is 4.28. The molecule has 2 aromatic rings. The van der Waals surface area contributed by atoms with Crippen molar-refractivity contribution in [3.05, 3.63) is 29.7 Å². The zero-order valence-corrected chi connectivity index (χ0v) is 9.60. The molecule has 4 nitrogen and oxygen atoms in total. The Morgan fingerprint density at radius 1 is 1.38 bits per heavy atom. The molecule has 0 radical (unpaired) electrons. The highest BCUT2D eigenvalue weighted by Gasteiger charge is 2.10. The first kappa shape index (κ1) is 11.1. The van der Waals surface area contributed by atoms with Gasteiger partial charge in [-0.1, -0.05) is 6.07 Å². The summed E-state index contributed by atoms with van der Waals surface area (Å²) in [4.78, 5) is 4.28. The smallest absolute Gasteiger partial charge is 0.192 e. The lowest BCUT2D eigenvalue weighted by Crippen LogP contribution is -2.23. The first-order valence-electron chi connectivity index (χ1n) is 5.44. The number of aryl methyl sites for hydroxylation is 1. The molecule has 0 spiro atoms. The van der Waals surface area contributed by atoms with Crippen molar-refractivity contribution in [2.45, 2.75) is 32.4 Å². The highest BCUT2D eigenvalue weighted by atomic mass is 16.3. The molecule has 86 valence electrons. The Morgan fingerprint density at radius 2 is 2.12 bits per heavy atom. The maximum atomic E-state index is 6.06. The fraction of sp³-hybridized carbons (Fsp3) is 0.417.